The number of hydrogen-bond donors (Lipinski definition) is 1. The van der Waals surface area contributed by atoms with E-state index in [0.717, 1.165) is 5.57 Å². The van der Waals surface area contributed by atoms with Gasteiger partial charge in [0.25, 0.3) is 0 Å². The molecule has 0 aromatic rings. The summed E-state index contributed by atoms with van der Waals surface area (Å²) >= 11 is 5.89. The molecule has 0 heterocycles. The molecule has 0 aliphatic rings. The number of allylic oxidation sites excluding steroid dienone is 3. The van der Waals surface area contributed by atoms with Gasteiger partial charge in [-0.05, 0) is 28.0 Å². The van der Waals surface area contributed by atoms with Crippen molar-refractivity contribution in [1.82, 2.24) is 10.1 Å². The number of halogens is 1. The highest BCUT2D eigenvalue weighted by atomic mass is 35.5. The molecule has 0 spiro atoms. The first kappa shape index (κ1) is 11.6. The van der Waals surface area contributed by atoms with Crippen LogP contribution in [0.3, 0.4) is 0 Å². The fourth-order valence-corrected chi connectivity index (χ4v) is 0.886. The van der Waals surface area contributed by atoms with Crippen molar-refractivity contribution < 1.29 is 0 Å². The largest absolute Gasteiger partial charge is 0.311 e. The van der Waals surface area contributed by atoms with E-state index in [2.05, 4.69) is 20.6 Å². The van der Waals surface area contributed by atoms with E-state index in [9.17, 15) is 0 Å². The Balaban J connectivity index is 4.39. The summed E-state index contributed by atoms with van der Waals surface area (Å²) in [4.78, 5) is 0. The molecule has 2 nitrogen and oxygen atoms in total. The van der Waals surface area contributed by atoms with Crippen molar-refractivity contribution in [2.45, 2.75) is 6.92 Å². The second kappa shape index (κ2) is 6.14. The Hall–Kier alpha value is -0.415. The third-order valence-electron chi connectivity index (χ3n) is 1.19. The quantitative estimate of drug-likeness (QED) is 0.238. The molecule has 0 saturated heterocycles. The SMILES string of the molecule is BNN(P)/C=C(Cl)\C(C)=C/C#C. The highest BCUT2D eigenvalue weighted by Crippen LogP contribution is 2.14. The minimum Gasteiger partial charge on any atom is -0.311 e. The van der Waals surface area contributed by atoms with Gasteiger partial charge in [-0.25, -0.2) is 0 Å². The molecule has 1 unspecified atom stereocenters. The maximum Gasteiger partial charge on any atom is 0.208 e. The van der Waals surface area contributed by atoms with E-state index in [4.69, 9.17) is 18.0 Å². The van der Waals surface area contributed by atoms with Crippen molar-refractivity contribution in [3.8, 4) is 12.3 Å². The summed E-state index contributed by atoms with van der Waals surface area (Å²) in [5.74, 6) is 2.41. The highest BCUT2D eigenvalue weighted by molar-refractivity contribution is 7.13. The van der Waals surface area contributed by atoms with Crippen LogP contribution in [0.4, 0.5) is 0 Å². The third kappa shape index (κ3) is 4.46. The Morgan fingerprint density at radius 1 is 1.83 bits per heavy atom. The van der Waals surface area contributed by atoms with Gasteiger partial charge >= 0.3 is 0 Å². The van der Waals surface area contributed by atoms with Gasteiger partial charge in [0.2, 0.25) is 7.98 Å². The van der Waals surface area contributed by atoms with Gasteiger partial charge < -0.3 is 4.78 Å². The Labute approximate surface area is 81.7 Å². The van der Waals surface area contributed by atoms with Gasteiger partial charge in [0.05, 0.1) is 5.03 Å². The van der Waals surface area contributed by atoms with Crippen molar-refractivity contribution in [2.24, 2.45) is 0 Å². The molecule has 0 bridgehead atoms. The van der Waals surface area contributed by atoms with Gasteiger partial charge in [-0.1, -0.05) is 17.5 Å². The lowest BCUT2D eigenvalue weighted by Gasteiger charge is -2.12. The predicted octanol–water partition coefficient (Wildman–Crippen LogP) is 0.791. The molecule has 0 aromatic heterocycles. The lowest BCUT2D eigenvalue weighted by Crippen LogP contribution is -2.20. The van der Waals surface area contributed by atoms with Crippen molar-refractivity contribution >= 4 is 29.0 Å². The molecule has 0 amide bonds. The third-order valence-corrected chi connectivity index (χ3v) is 1.99. The Kier molecular flexibility index (Phi) is 5.93. The smallest absolute Gasteiger partial charge is 0.208 e. The molecule has 0 fully saturated rings. The topological polar surface area (TPSA) is 15.3 Å². The van der Waals surface area contributed by atoms with Crippen LogP contribution in [0.15, 0.2) is 22.9 Å². The first-order valence-electron chi connectivity index (χ1n) is 3.33. The fraction of sp³-hybridized carbons (Fsp3) is 0.143. The van der Waals surface area contributed by atoms with E-state index >= 15 is 0 Å². The Morgan fingerprint density at radius 2 is 2.42 bits per heavy atom. The van der Waals surface area contributed by atoms with Gasteiger partial charge in [-0.3, -0.25) is 5.34 Å². The van der Waals surface area contributed by atoms with Crippen molar-refractivity contribution in [3.05, 3.63) is 22.9 Å². The van der Waals surface area contributed by atoms with Gasteiger partial charge in [0.1, 0.15) is 0 Å². The monoisotopic (exact) mass is 200 g/mol. The average Bonchev–Trinajstić information content (AvgIpc) is 2.04. The summed E-state index contributed by atoms with van der Waals surface area (Å²) in [5, 5.41) is 3.46. The minimum atomic E-state index is 0.609. The fourth-order valence-electron chi connectivity index (χ4n) is 0.482. The molecular formula is C7H11BClN2P. The highest BCUT2D eigenvalue weighted by Gasteiger charge is 1.95. The molecule has 0 radical (unpaired) electrons. The zero-order valence-electron chi connectivity index (χ0n) is 7.13. The number of terminal acetylenes is 1. The lowest BCUT2D eigenvalue weighted by molar-refractivity contribution is 0.591. The molecule has 0 saturated carbocycles. The van der Waals surface area contributed by atoms with E-state index in [0.29, 0.717) is 5.03 Å². The molecule has 0 aromatic carbocycles. The molecule has 1 atom stereocenters. The van der Waals surface area contributed by atoms with Crippen LogP contribution in [0, 0.1) is 12.3 Å². The molecule has 12 heavy (non-hydrogen) atoms. The van der Waals surface area contributed by atoms with Crippen molar-refractivity contribution in [1.29, 1.82) is 0 Å². The number of hydrogen-bond acceptors (Lipinski definition) is 2. The number of nitrogens with zero attached hydrogens (tertiary/aromatic N) is 1. The first-order chi connectivity index (χ1) is 5.61. The summed E-state index contributed by atoms with van der Waals surface area (Å²) in [6.45, 7) is 1.85. The normalized spacial score (nSPS) is 12.5. The summed E-state index contributed by atoms with van der Waals surface area (Å²) in [6, 6.07) is 0. The number of hydrazine groups is 1. The zero-order chi connectivity index (χ0) is 9.56. The van der Waals surface area contributed by atoms with Gasteiger partial charge in [-0.15, -0.1) is 6.42 Å². The summed E-state index contributed by atoms with van der Waals surface area (Å²) in [7, 11) is 4.23. The second-order valence-electron chi connectivity index (χ2n) is 2.10. The van der Waals surface area contributed by atoms with Gasteiger partial charge in [0, 0.05) is 6.20 Å². The molecule has 5 heteroatoms. The van der Waals surface area contributed by atoms with Gasteiger partial charge in [-0.2, -0.15) is 0 Å². The van der Waals surface area contributed by atoms with Crippen LogP contribution in [0.1, 0.15) is 6.92 Å². The number of nitrogens with one attached hydrogen (secondary N) is 1. The first-order valence-corrected chi connectivity index (χ1v) is 4.23. The maximum absolute atomic E-state index is 5.89. The van der Waals surface area contributed by atoms with E-state index in [1.807, 2.05) is 6.92 Å². The minimum absolute atomic E-state index is 0.609. The van der Waals surface area contributed by atoms with Crippen LogP contribution < -0.4 is 5.34 Å². The van der Waals surface area contributed by atoms with Crippen molar-refractivity contribution in [2.75, 3.05) is 0 Å². The van der Waals surface area contributed by atoms with Crippen LogP contribution in [0.5, 0.6) is 0 Å². The van der Waals surface area contributed by atoms with E-state index in [-0.39, 0.29) is 0 Å². The molecular weight excluding hydrogens is 189 g/mol. The van der Waals surface area contributed by atoms with Crippen LogP contribution >= 0.6 is 21.0 Å². The van der Waals surface area contributed by atoms with Crippen LogP contribution in [0.2, 0.25) is 0 Å². The molecule has 0 aliphatic carbocycles. The average molecular weight is 200 g/mol. The van der Waals surface area contributed by atoms with E-state index < -0.39 is 0 Å². The van der Waals surface area contributed by atoms with E-state index in [1.165, 1.54) is 0 Å². The summed E-state index contributed by atoms with van der Waals surface area (Å²) in [6.07, 6.45) is 8.42. The Bertz CT molecular complexity index is 244. The molecule has 0 rings (SSSR count). The standard InChI is InChI=1S/C7H11BClN2P/c1-3-4-6(2)7(9)5-11(12)10-8/h1,4-5,10H,8,12H2,2H3/b6-4-,7-5+. The molecule has 64 valence electrons. The summed E-state index contributed by atoms with van der Waals surface area (Å²) < 4.78 is 1.66. The van der Waals surface area contributed by atoms with Crippen LogP contribution in [-0.2, 0) is 0 Å². The number of rotatable bonds is 3. The second-order valence-corrected chi connectivity index (χ2v) is 3.07. The summed E-state index contributed by atoms with van der Waals surface area (Å²) in [5.41, 5.74) is 0.863. The van der Waals surface area contributed by atoms with E-state index in [1.54, 1.807) is 25.0 Å². The maximum atomic E-state index is 5.89. The molecule has 0 aliphatic heterocycles. The molecule has 1 N–H and O–H groups in total. The Morgan fingerprint density at radius 3 is 2.83 bits per heavy atom. The van der Waals surface area contributed by atoms with Crippen molar-refractivity contribution in [3.63, 3.8) is 0 Å². The predicted molar refractivity (Wildman–Crippen MR) is 59.8 cm³/mol. The van der Waals surface area contributed by atoms with Crippen LogP contribution in [-0.4, -0.2) is 12.8 Å². The van der Waals surface area contributed by atoms with Gasteiger partial charge in [0.15, 0.2) is 0 Å². The zero-order valence-corrected chi connectivity index (χ0v) is 9.05. The van der Waals surface area contributed by atoms with Crippen LogP contribution in [0.25, 0.3) is 0 Å². The lowest BCUT2D eigenvalue weighted by atomic mass is 10.3.